The molecule has 5 nitrogen and oxygen atoms in total. The predicted octanol–water partition coefficient (Wildman–Crippen LogP) is 3.59. The first-order valence-corrected chi connectivity index (χ1v) is 10.1. The van der Waals surface area contributed by atoms with Crippen LogP contribution in [0.5, 0.6) is 11.5 Å². The molecule has 2 aromatic rings. The van der Waals surface area contributed by atoms with Gasteiger partial charge in [-0.2, -0.15) is 0 Å². The molecule has 150 valence electrons. The number of piperazine rings is 1. The Balaban J connectivity index is 1.37. The van der Waals surface area contributed by atoms with E-state index in [0.717, 1.165) is 50.6 Å². The lowest BCUT2D eigenvalue weighted by Gasteiger charge is -2.35. The van der Waals surface area contributed by atoms with E-state index in [2.05, 4.69) is 17.0 Å². The van der Waals surface area contributed by atoms with E-state index in [0.29, 0.717) is 19.6 Å². The Kier molecular flexibility index (Phi) is 7.73. The molecule has 3 rings (SSSR count). The van der Waals surface area contributed by atoms with Gasteiger partial charge < -0.3 is 14.4 Å². The molecule has 0 radical (unpaired) electrons. The van der Waals surface area contributed by atoms with Crippen LogP contribution in [-0.4, -0.2) is 55.1 Å². The van der Waals surface area contributed by atoms with Crippen LogP contribution >= 0.6 is 0 Å². The third-order valence-corrected chi connectivity index (χ3v) is 4.94. The monoisotopic (exact) mass is 382 g/mol. The van der Waals surface area contributed by atoms with Gasteiger partial charge in [0, 0.05) is 44.7 Å². The van der Waals surface area contributed by atoms with Crippen molar-refractivity contribution >= 4 is 5.91 Å². The highest BCUT2D eigenvalue weighted by molar-refractivity contribution is 5.76. The van der Waals surface area contributed by atoms with E-state index in [4.69, 9.17) is 9.47 Å². The summed E-state index contributed by atoms with van der Waals surface area (Å²) in [5, 5.41) is 0. The SMILES string of the molecule is CCOc1ccccc1CN1CCN(C(=O)CCCOc2ccccc2)CC1. The van der Waals surface area contributed by atoms with Gasteiger partial charge in [-0.05, 0) is 31.5 Å². The Morgan fingerprint density at radius 2 is 1.64 bits per heavy atom. The maximum atomic E-state index is 12.4. The first kappa shape index (κ1) is 20.2. The van der Waals surface area contributed by atoms with Crippen LogP contribution < -0.4 is 9.47 Å². The third kappa shape index (κ3) is 5.99. The van der Waals surface area contributed by atoms with Gasteiger partial charge in [-0.1, -0.05) is 36.4 Å². The normalized spacial score (nSPS) is 14.7. The number of ether oxygens (including phenoxy) is 2. The van der Waals surface area contributed by atoms with Gasteiger partial charge in [0.25, 0.3) is 0 Å². The summed E-state index contributed by atoms with van der Waals surface area (Å²) >= 11 is 0. The zero-order valence-corrected chi connectivity index (χ0v) is 16.7. The molecule has 0 atom stereocenters. The number of amides is 1. The highest BCUT2D eigenvalue weighted by atomic mass is 16.5. The molecular weight excluding hydrogens is 352 g/mol. The number of benzene rings is 2. The smallest absolute Gasteiger partial charge is 0.222 e. The standard InChI is InChI=1S/C23H30N2O3/c1-2-27-22-12-7-6-9-20(22)19-24-14-16-25(17-15-24)23(26)13-8-18-28-21-10-4-3-5-11-21/h3-7,9-12H,2,8,13-19H2,1H3. The van der Waals surface area contributed by atoms with Crippen molar-refractivity contribution < 1.29 is 14.3 Å². The zero-order chi connectivity index (χ0) is 19.6. The van der Waals surface area contributed by atoms with E-state index in [1.807, 2.05) is 54.3 Å². The van der Waals surface area contributed by atoms with Crippen LogP contribution in [0.25, 0.3) is 0 Å². The minimum atomic E-state index is 0.228. The lowest BCUT2D eigenvalue weighted by molar-refractivity contribution is -0.133. The van der Waals surface area contributed by atoms with Crippen molar-refractivity contribution in [1.82, 2.24) is 9.80 Å². The van der Waals surface area contributed by atoms with E-state index in [9.17, 15) is 4.79 Å². The molecule has 1 saturated heterocycles. The maximum Gasteiger partial charge on any atom is 0.222 e. The van der Waals surface area contributed by atoms with Crippen molar-refractivity contribution in [3.63, 3.8) is 0 Å². The van der Waals surface area contributed by atoms with Crippen molar-refractivity contribution in [2.45, 2.75) is 26.3 Å². The van der Waals surface area contributed by atoms with Crippen LogP contribution in [-0.2, 0) is 11.3 Å². The summed E-state index contributed by atoms with van der Waals surface area (Å²) < 4.78 is 11.4. The average molecular weight is 383 g/mol. The van der Waals surface area contributed by atoms with Crippen LogP contribution in [0.3, 0.4) is 0 Å². The molecule has 0 aromatic heterocycles. The van der Waals surface area contributed by atoms with E-state index in [-0.39, 0.29) is 5.91 Å². The van der Waals surface area contributed by atoms with Gasteiger partial charge in [-0.15, -0.1) is 0 Å². The van der Waals surface area contributed by atoms with Crippen LogP contribution in [0.1, 0.15) is 25.3 Å². The van der Waals surface area contributed by atoms with Crippen LogP contribution in [0.15, 0.2) is 54.6 Å². The fourth-order valence-corrected chi connectivity index (χ4v) is 3.42. The number of hydrogen-bond donors (Lipinski definition) is 0. The molecule has 0 N–H and O–H groups in total. The molecule has 0 saturated carbocycles. The Labute approximate surface area is 167 Å². The summed E-state index contributed by atoms with van der Waals surface area (Å²) in [4.78, 5) is 16.8. The fourth-order valence-electron chi connectivity index (χ4n) is 3.42. The third-order valence-electron chi connectivity index (χ3n) is 4.94. The summed E-state index contributed by atoms with van der Waals surface area (Å²) in [6.07, 6.45) is 1.29. The second-order valence-electron chi connectivity index (χ2n) is 6.96. The Bertz CT molecular complexity index is 728. The van der Waals surface area contributed by atoms with Crippen LogP contribution in [0.2, 0.25) is 0 Å². The van der Waals surface area contributed by atoms with Gasteiger partial charge >= 0.3 is 0 Å². The molecule has 0 unspecified atom stereocenters. The molecule has 28 heavy (non-hydrogen) atoms. The van der Waals surface area contributed by atoms with Crippen molar-refractivity contribution in [1.29, 1.82) is 0 Å². The van der Waals surface area contributed by atoms with Gasteiger partial charge in [-0.3, -0.25) is 9.69 Å². The number of para-hydroxylation sites is 2. The zero-order valence-electron chi connectivity index (χ0n) is 16.7. The van der Waals surface area contributed by atoms with Crippen molar-refractivity contribution in [2.75, 3.05) is 39.4 Å². The largest absolute Gasteiger partial charge is 0.494 e. The first-order valence-electron chi connectivity index (χ1n) is 10.1. The fraction of sp³-hybridized carbons (Fsp3) is 0.435. The predicted molar refractivity (Wildman–Crippen MR) is 111 cm³/mol. The van der Waals surface area contributed by atoms with Gasteiger partial charge in [0.2, 0.25) is 5.91 Å². The first-order chi connectivity index (χ1) is 13.8. The maximum absolute atomic E-state index is 12.4. The molecule has 0 aliphatic carbocycles. The molecule has 2 aromatic carbocycles. The topological polar surface area (TPSA) is 42.0 Å². The van der Waals surface area contributed by atoms with E-state index in [1.165, 1.54) is 5.56 Å². The van der Waals surface area contributed by atoms with Crippen molar-refractivity contribution in [2.24, 2.45) is 0 Å². The molecular formula is C23H30N2O3. The second-order valence-corrected chi connectivity index (χ2v) is 6.96. The number of hydrogen-bond acceptors (Lipinski definition) is 4. The summed E-state index contributed by atoms with van der Waals surface area (Å²) in [6.45, 7) is 7.48. The van der Waals surface area contributed by atoms with Crippen LogP contribution in [0.4, 0.5) is 0 Å². The lowest BCUT2D eigenvalue weighted by Crippen LogP contribution is -2.48. The van der Waals surface area contributed by atoms with Gasteiger partial charge in [0.1, 0.15) is 11.5 Å². The summed E-state index contributed by atoms with van der Waals surface area (Å²) in [5.74, 6) is 2.05. The van der Waals surface area contributed by atoms with E-state index in [1.54, 1.807) is 0 Å². The van der Waals surface area contributed by atoms with Gasteiger partial charge in [0.05, 0.1) is 13.2 Å². The number of carbonyl (C=O) groups is 1. The Hall–Kier alpha value is -2.53. The summed E-state index contributed by atoms with van der Waals surface area (Å²) in [5.41, 5.74) is 1.21. The number of carbonyl (C=O) groups excluding carboxylic acids is 1. The summed E-state index contributed by atoms with van der Waals surface area (Å²) in [6, 6.07) is 17.9. The molecule has 1 amide bonds. The quantitative estimate of drug-likeness (QED) is 0.622. The van der Waals surface area contributed by atoms with E-state index >= 15 is 0 Å². The van der Waals surface area contributed by atoms with Crippen LogP contribution in [0, 0.1) is 0 Å². The average Bonchev–Trinajstić information content (AvgIpc) is 2.74. The Morgan fingerprint density at radius 3 is 2.39 bits per heavy atom. The van der Waals surface area contributed by atoms with Crippen molar-refractivity contribution in [3.8, 4) is 11.5 Å². The molecule has 1 aliphatic rings. The van der Waals surface area contributed by atoms with E-state index < -0.39 is 0 Å². The van der Waals surface area contributed by atoms with Gasteiger partial charge in [-0.25, -0.2) is 0 Å². The molecule has 0 bridgehead atoms. The molecule has 1 aliphatic heterocycles. The lowest BCUT2D eigenvalue weighted by atomic mass is 10.1. The summed E-state index contributed by atoms with van der Waals surface area (Å²) in [7, 11) is 0. The molecule has 1 fully saturated rings. The molecule has 5 heteroatoms. The van der Waals surface area contributed by atoms with Gasteiger partial charge in [0.15, 0.2) is 0 Å². The molecule has 1 heterocycles. The molecule has 0 spiro atoms. The number of rotatable bonds is 9. The minimum Gasteiger partial charge on any atom is -0.494 e. The Morgan fingerprint density at radius 1 is 0.929 bits per heavy atom. The highest BCUT2D eigenvalue weighted by Crippen LogP contribution is 2.20. The minimum absolute atomic E-state index is 0.228. The number of nitrogens with zero attached hydrogens (tertiary/aromatic N) is 2. The second kappa shape index (κ2) is 10.7. The van der Waals surface area contributed by atoms with Crippen molar-refractivity contribution in [3.05, 3.63) is 60.2 Å². The highest BCUT2D eigenvalue weighted by Gasteiger charge is 2.21.